The predicted molar refractivity (Wildman–Crippen MR) is 47.6 cm³/mol. The van der Waals surface area contributed by atoms with Crippen LogP contribution in [0.4, 0.5) is 0 Å². The molecule has 3 N–H and O–H groups in total. The maximum atomic E-state index is 8.91. The van der Waals surface area contributed by atoms with E-state index in [0.29, 0.717) is 0 Å². The van der Waals surface area contributed by atoms with Crippen molar-refractivity contribution >= 4 is 0 Å². The van der Waals surface area contributed by atoms with Gasteiger partial charge in [-0.05, 0) is 29.5 Å². The molecule has 1 unspecified atom stereocenters. The van der Waals surface area contributed by atoms with Gasteiger partial charge in [0, 0.05) is 6.04 Å². The lowest BCUT2D eigenvalue weighted by atomic mass is 10.1. The number of benzene rings is 1. The molecule has 1 aliphatic carbocycles. The molecular formula is C10H13NO. The summed E-state index contributed by atoms with van der Waals surface area (Å²) in [6, 6.07) is 6.25. The predicted octanol–water partition coefficient (Wildman–Crippen LogP) is 1.12. The molecule has 0 aliphatic heterocycles. The minimum Gasteiger partial charge on any atom is -0.392 e. The molecule has 2 heteroatoms. The smallest absolute Gasteiger partial charge is 0.0681 e. The van der Waals surface area contributed by atoms with Gasteiger partial charge in [-0.15, -0.1) is 0 Å². The van der Waals surface area contributed by atoms with Crippen LogP contribution in [0.25, 0.3) is 0 Å². The van der Waals surface area contributed by atoms with E-state index in [1.54, 1.807) is 0 Å². The SMILES string of the molecule is NC1CCc2ccc(CO)cc21. The fourth-order valence-electron chi connectivity index (χ4n) is 1.78. The van der Waals surface area contributed by atoms with Crippen molar-refractivity contribution < 1.29 is 5.11 Å². The van der Waals surface area contributed by atoms with Crippen LogP contribution in [0.2, 0.25) is 0 Å². The molecule has 64 valence electrons. The fraction of sp³-hybridized carbons (Fsp3) is 0.400. The van der Waals surface area contributed by atoms with Gasteiger partial charge >= 0.3 is 0 Å². The number of nitrogens with two attached hydrogens (primary N) is 1. The average molecular weight is 163 g/mol. The van der Waals surface area contributed by atoms with E-state index in [9.17, 15) is 0 Å². The van der Waals surface area contributed by atoms with E-state index < -0.39 is 0 Å². The normalized spacial score (nSPS) is 21.0. The standard InChI is InChI=1S/C10H13NO/c11-10-4-3-8-2-1-7(6-12)5-9(8)10/h1-2,5,10,12H,3-4,6,11H2. The van der Waals surface area contributed by atoms with E-state index in [1.165, 1.54) is 11.1 Å². The Hall–Kier alpha value is -0.860. The third-order valence-electron chi connectivity index (χ3n) is 2.52. The molecule has 0 radical (unpaired) electrons. The van der Waals surface area contributed by atoms with Crippen LogP contribution in [0.3, 0.4) is 0 Å². The Balaban J connectivity index is 2.43. The second-order valence-electron chi connectivity index (χ2n) is 3.34. The summed E-state index contributed by atoms with van der Waals surface area (Å²) >= 11 is 0. The summed E-state index contributed by atoms with van der Waals surface area (Å²) in [6.07, 6.45) is 2.13. The van der Waals surface area contributed by atoms with E-state index in [-0.39, 0.29) is 12.6 Å². The molecule has 0 aromatic heterocycles. The van der Waals surface area contributed by atoms with Crippen LogP contribution in [-0.2, 0) is 13.0 Å². The van der Waals surface area contributed by atoms with Crippen LogP contribution in [0, 0.1) is 0 Å². The van der Waals surface area contributed by atoms with E-state index in [1.807, 2.05) is 12.1 Å². The number of aliphatic hydroxyl groups excluding tert-OH is 1. The highest BCUT2D eigenvalue weighted by atomic mass is 16.3. The second kappa shape index (κ2) is 2.88. The summed E-state index contributed by atoms with van der Waals surface area (Å²) in [4.78, 5) is 0. The molecule has 2 nitrogen and oxygen atoms in total. The minimum absolute atomic E-state index is 0.111. The largest absolute Gasteiger partial charge is 0.392 e. The summed E-state index contributed by atoms with van der Waals surface area (Å²) in [5, 5.41) is 8.91. The molecule has 1 aliphatic rings. The molecule has 0 spiro atoms. The molecule has 0 amide bonds. The van der Waals surface area contributed by atoms with Gasteiger partial charge in [0.25, 0.3) is 0 Å². The Morgan fingerprint density at radius 1 is 1.50 bits per heavy atom. The summed E-state index contributed by atoms with van der Waals surface area (Å²) in [5.41, 5.74) is 9.42. The van der Waals surface area contributed by atoms with E-state index in [4.69, 9.17) is 10.8 Å². The maximum Gasteiger partial charge on any atom is 0.0681 e. The second-order valence-corrected chi connectivity index (χ2v) is 3.34. The van der Waals surface area contributed by atoms with Gasteiger partial charge in [0.1, 0.15) is 0 Å². The molecule has 0 heterocycles. The quantitative estimate of drug-likeness (QED) is 0.651. The Kier molecular flexibility index (Phi) is 1.87. The van der Waals surface area contributed by atoms with Gasteiger partial charge in [-0.2, -0.15) is 0 Å². The third kappa shape index (κ3) is 1.13. The summed E-state index contributed by atoms with van der Waals surface area (Å²) in [7, 11) is 0. The minimum atomic E-state index is 0.111. The van der Waals surface area contributed by atoms with Gasteiger partial charge in [-0.25, -0.2) is 0 Å². The van der Waals surface area contributed by atoms with E-state index in [2.05, 4.69) is 6.07 Å². The highest BCUT2D eigenvalue weighted by Gasteiger charge is 2.18. The average Bonchev–Trinajstić information content (AvgIpc) is 2.47. The van der Waals surface area contributed by atoms with Gasteiger partial charge in [-0.3, -0.25) is 0 Å². The summed E-state index contributed by atoms with van der Waals surface area (Å²) < 4.78 is 0. The number of rotatable bonds is 1. The zero-order chi connectivity index (χ0) is 8.55. The Morgan fingerprint density at radius 2 is 2.33 bits per heavy atom. The van der Waals surface area contributed by atoms with Crippen LogP contribution < -0.4 is 5.73 Å². The fourth-order valence-corrected chi connectivity index (χ4v) is 1.78. The zero-order valence-electron chi connectivity index (χ0n) is 6.96. The van der Waals surface area contributed by atoms with Crippen molar-refractivity contribution in [2.45, 2.75) is 25.5 Å². The van der Waals surface area contributed by atoms with Crippen LogP contribution >= 0.6 is 0 Å². The molecule has 0 saturated heterocycles. The van der Waals surface area contributed by atoms with Crippen molar-refractivity contribution in [3.05, 3.63) is 34.9 Å². The van der Waals surface area contributed by atoms with Gasteiger partial charge in [0.2, 0.25) is 0 Å². The van der Waals surface area contributed by atoms with Crippen LogP contribution in [0.5, 0.6) is 0 Å². The molecule has 0 fully saturated rings. The zero-order valence-corrected chi connectivity index (χ0v) is 6.96. The topological polar surface area (TPSA) is 46.2 Å². The number of aliphatic hydroxyl groups is 1. The van der Waals surface area contributed by atoms with Crippen molar-refractivity contribution in [2.24, 2.45) is 5.73 Å². The Labute approximate surface area is 72.0 Å². The van der Waals surface area contributed by atoms with Crippen LogP contribution in [-0.4, -0.2) is 5.11 Å². The molecule has 0 saturated carbocycles. The number of hydrogen-bond acceptors (Lipinski definition) is 2. The van der Waals surface area contributed by atoms with Gasteiger partial charge in [-0.1, -0.05) is 18.2 Å². The van der Waals surface area contributed by atoms with Crippen molar-refractivity contribution in [3.8, 4) is 0 Å². The van der Waals surface area contributed by atoms with E-state index in [0.717, 1.165) is 18.4 Å². The Morgan fingerprint density at radius 3 is 3.08 bits per heavy atom. The number of fused-ring (bicyclic) bond motifs is 1. The summed E-state index contributed by atoms with van der Waals surface area (Å²) in [5.74, 6) is 0. The molecule has 1 aromatic rings. The lowest BCUT2D eigenvalue weighted by molar-refractivity contribution is 0.281. The molecular weight excluding hydrogens is 150 g/mol. The molecule has 12 heavy (non-hydrogen) atoms. The first-order chi connectivity index (χ1) is 5.81. The van der Waals surface area contributed by atoms with Gasteiger partial charge < -0.3 is 10.8 Å². The van der Waals surface area contributed by atoms with Crippen molar-refractivity contribution in [1.82, 2.24) is 0 Å². The first kappa shape index (κ1) is 7.77. The molecule has 1 atom stereocenters. The van der Waals surface area contributed by atoms with Crippen LogP contribution in [0.15, 0.2) is 18.2 Å². The molecule has 0 bridgehead atoms. The van der Waals surface area contributed by atoms with Crippen LogP contribution in [0.1, 0.15) is 29.2 Å². The highest BCUT2D eigenvalue weighted by Crippen LogP contribution is 2.29. The molecule has 2 rings (SSSR count). The monoisotopic (exact) mass is 163 g/mol. The van der Waals surface area contributed by atoms with E-state index >= 15 is 0 Å². The lowest BCUT2D eigenvalue weighted by Gasteiger charge is -2.05. The third-order valence-corrected chi connectivity index (χ3v) is 2.52. The van der Waals surface area contributed by atoms with Crippen molar-refractivity contribution in [2.75, 3.05) is 0 Å². The molecule has 1 aromatic carbocycles. The lowest BCUT2D eigenvalue weighted by Crippen LogP contribution is -2.05. The van der Waals surface area contributed by atoms with Crippen molar-refractivity contribution in [3.63, 3.8) is 0 Å². The summed E-state index contributed by atoms with van der Waals surface area (Å²) in [6.45, 7) is 0.111. The van der Waals surface area contributed by atoms with Gasteiger partial charge in [0.15, 0.2) is 0 Å². The Bertz CT molecular complexity index is 296. The number of aryl methyl sites for hydroxylation is 1. The first-order valence-corrected chi connectivity index (χ1v) is 4.29. The maximum absolute atomic E-state index is 8.91. The first-order valence-electron chi connectivity index (χ1n) is 4.29. The van der Waals surface area contributed by atoms with Gasteiger partial charge in [0.05, 0.1) is 6.61 Å². The highest BCUT2D eigenvalue weighted by molar-refractivity contribution is 5.37. The van der Waals surface area contributed by atoms with Crippen molar-refractivity contribution in [1.29, 1.82) is 0 Å². The number of hydrogen-bond donors (Lipinski definition) is 2.